The average Bonchev–Trinajstić information content (AvgIpc) is 2.79. The lowest BCUT2D eigenvalue weighted by atomic mass is 10.0. The minimum atomic E-state index is -0.452. The van der Waals surface area contributed by atoms with Gasteiger partial charge in [0.2, 0.25) is 5.91 Å². The molecule has 2 amide bonds. The molecule has 2 aromatic carbocycles. The van der Waals surface area contributed by atoms with E-state index in [1.165, 1.54) is 18.1 Å². The highest BCUT2D eigenvalue weighted by Crippen LogP contribution is 2.33. The maximum atomic E-state index is 12.6. The van der Waals surface area contributed by atoms with E-state index in [-0.39, 0.29) is 38.4 Å². The second-order valence-corrected chi connectivity index (χ2v) is 6.93. The van der Waals surface area contributed by atoms with Crippen molar-refractivity contribution in [1.29, 1.82) is 0 Å². The monoisotopic (exact) mass is 440 g/mol. The Morgan fingerprint density at radius 2 is 1.91 bits per heavy atom. The average molecular weight is 440 g/mol. The van der Waals surface area contributed by atoms with Gasteiger partial charge in [-0.1, -0.05) is 12.1 Å². The van der Waals surface area contributed by atoms with Crippen molar-refractivity contribution in [1.82, 2.24) is 0 Å². The Labute approximate surface area is 185 Å². The van der Waals surface area contributed by atoms with E-state index in [1.54, 1.807) is 43.3 Å². The van der Waals surface area contributed by atoms with Gasteiger partial charge in [-0.2, -0.15) is 0 Å². The van der Waals surface area contributed by atoms with Gasteiger partial charge in [0.05, 0.1) is 31.5 Å². The molecular formula is C23H24N2O7. The molecule has 0 aromatic heterocycles. The first kappa shape index (κ1) is 22.8. The molecule has 3 rings (SSSR count). The van der Waals surface area contributed by atoms with Crippen LogP contribution in [-0.4, -0.2) is 50.4 Å². The van der Waals surface area contributed by atoms with Crippen molar-refractivity contribution in [3.63, 3.8) is 0 Å². The van der Waals surface area contributed by atoms with E-state index in [4.69, 9.17) is 14.2 Å². The standard InChI is InChI=1S/C23H24N2O7/c1-3-31-23(29)11-9-18(26)15-8-10-20-17(12-15)25(22(28)14-32-20)13-21(27)24-16-6-4-5-7-19(16)30-2/h4-8,10,12H,3,9,11,13-14H2,1-2H3,(H,24,27). The van der Waals surface area contributed by atoms with Crippen LogP contribution in [-0.2, 0) is 19.1 Å². The number of ether oxygens (including phenoxy) is 3. The predicted octanol–water partition coefficient (Wildman–Crippen LogP) is 2.59. The number of carbonyl (C=O) groups is 4. The number of Topliss-reactive ketones (excluding diaryl/α,β-unsaturated/α-hetero) is 1. The van der Waals surface area contributed by atoms with E-state index in [9.17, 15) is 19.2 Å². The Balaban J connectivity index is 1.75. The number of amides is 2. The van der Waals surface area contributed by atoms with E-state index in [0.717, 1.165) is 0 Å². The zero-order valence-corrected chi connectivity index (χ0v) is 17.9. The van der Waals surface area contributed by atoms with Crippen LogP contribution in [0.25, 0.3) is 0 Å². The SMILES string of the molecule is CCOC(=O)CCC(=O)c1ccc2c(c1)N(CC(=O)Nc1ccccc1OC)C(=O)CO2. The van der Waals surface area contributed by atoms with Gasteiger partial charge in [0, 0.05) is 12.0 Å². The Hall–Kier alpha value is -3.88. The van der Waals surface area contributed by atoms with Crippen molar-refractivity contribution in [2.45, 2.75) is 19.8 Å². The fourth-order valence-corrected chi connectivity index (χ4v) is 3.22. The molecule has 2 aromatic rings. The fraction of sp³-hybridized carbons (Fsp3) is 0.304. The first-order valence-electron chi connectivity index (χ1n) is 10.1. The molecule has 1 N–H and O–H groups in total. The molecule has 0 atom stereocenters. The summed E-state index contributed by atoms with van der Waals surface area (Å²) in [7, 11) is 1.49. The van der Waals surface area contributed by atoms with Gasteiger partial charge in [-0.15, -0.1) is 0 Å². The summed E-state index contributed by atoms with van der Waals surface area (Å²) in [6, 6.07) is 11.6. The zero-order valence-electron chi connectivity index (χ0n) is 17.9. The molecule has 0 unspecified atom stereocenters. The third-order valence-electron chi connectivity index (χ3n) is 4.77. The minimum absolute atomic E-state index is 0.0271. The fourth-order valence-electron chi connectivity index (χ4n) is 3.22. The minimum Gasteiger partial charge on any atom is -0.495 e. The number of methoxy groups -OCH3 is 1. The van der Waals surface area contributed by atoms with Gasteiger partial charge in [-0.25, -0.2) is 0 Å². The number of ketones is 1. The zero-order chi connectivity index (χ0) is 23.1. The summed E-state index contributed by atoms with van der Waals surface area (Å²) in [6.07, 6.45) is -0.0646. The van der Waals surface area contributed by atoms with Crippen LogP contribution in [0.15, 0.2) is 42.5 Å². The molecule has 1 aliphatic heterocycles. The number of hydrogen-bond donors (Lipinski definition) is 1. The first-order valence-corrected chi connectivity index (χ1v) is 10.1. The van der Waals surface area contributed by atoms with Gasteiger partial charge >= 0.3 is 5.97 Å². The summed E-state index contributed by atoms with van der Waals surface area (Å²) in [5.74, 6) is -0.705. The predicted molar refractivity (Wildman–Crippen MR) is 116 cm³/mol. The van der Waals surface area contributed by atoms with Crippen LogP contribution in [0.1, 0.15) is 30.1 Å². The summed E-state index contributed by atoms with van der Waals surface area (Å²) in [6.45, 7) is 1.45. The molecule has 0 fully saturated rings. The highest BCUT2D eigenvalue weighted by Gasteiger charge is 2.28. The van der Waals surface area contributed by atoms with Crippen LogP contribution in [0.2, 0.25) is 0 Å². The van der Waals surface area contributed by atoms with Gasteiger partial charge in [-0.3, -0.25) is 24.1 Å². The van der Waals surface area contributed by atoms with Crippen molar-refractivity contribution in [3.8, 4) is 11.5 Å². The van der Waals surface area contributed by atoms with E-state index >= 15 is 0 Å². The van der Waals surface area contributed by atoms with Gasteiger partial charge in [-0.05, 0) is 37.3 Å². The van der Waals surface area contributed by atoms with Gasteiger partial charge in [0.1, 0.15) is 18.0 Å². The van der Waals surface area contributed by atoms with Gasteiger partial charge in [0.15, 0.2) is 12.4 Å². The normalized spacial score (nSPS) is 12.4. The van der Waals surface area contributed by atoms with Crippen LogP contribution < -0.4 is 19.7 Å². The lowest BCUT2D eigenvalue weighted by molar-refractivity contribution is -0.143. The summed E-state index contributed by atoms with van der Waals surface area (Å²) < 4.78 is 15.5. The van der Waals surface area contributed by atoms with Crippen LogP contribution >= 0.6 is 0 Å². The number of para-hydroxylation sites is 2. The molecule has 9 nitrogen and oxygen atoms in total. The molecule has 0 bridgehead atoms. The second-order valence-electron chi connectivity index (χ2n) is 6.93. The van der Waals surface area contributed by atoms with E-state index in [2.05, 4.69) is 5.32 Å². The lowest BCUT2D eigenvalue weighted by Crippen LogP contribution is -2.43. The number of hydrogen-bond acceptors (Lipinski definition) is 7. The molecule has 0 spiro atoms. The topological polar surface area (TPSA) is 111 Å². The van der Waals surface area contributed by atoms with Gasteiger partial charge < -0.3 is 19.5 Å². The summed E-state index contributed by atoms with van der Waals surface area (Å²) in [5, 5.41) is 2.73. The van der Waals surface area contributed by atoms with Gasteiger partial charge in [0.25, 0.3) is 5.91 Å². The van der Waals surface area contributed by atoms with Crippen molar-refractivity contribution in [2.75, 3.05) is 37.1 Å². The van der Waals surface area contributed by atoms with Crippen molar-refractivity contribution < 1.29 is 33.4 Å². The lowest BCUT2D eigenvalue weighted by Gasteiger charge is -2.29. The highest BCUT2D eigenvalue weighted by molar-refractivity contribution is 6.07. The maximum Gasteiger partial charge on any atom is 0.306 e. The number of benzene rings is 2. The van der Waals surface area contributed by atoms with Crippen molar-refractivity contribution in [2.24, 2.45) is 0 Å². The molecule has 1 aliphatic rings. The number of nitrogens with zero attached hydrogens (tertiary/aromatic N) is 1. The quantitative estimate of drug-likeness (QED) is 0.471. The van der Waals surface area contributed by atoms with Crippen LogP contribution in [0.3, 0.4) is 0 Å². The maximum absolute atomic E-state index is 12.6. The first-order chi connectivity index (χ1) is 15.4. The Bertz CT molecular complexity index is 1030. The molecule has 9 heteroatoms. The molecule has 0 aliphatic carbocycles. The second kappa shape index (κ2) is 10.4. The number of fused-ring (bicyclic) bond motifs is 1. The smallest absolute Gasteiger partial charge is 0.306 e. The molecule has 0 saturated heterocycles. The number of anilines is 2. The molecule has 0 saturated carbocycles. The Kier molecular flexibility index (Phi) is 7.43. The number of rotatable bonds is 9. The van der Waals surface area contributed by atoms with Crippen molar-refractivity contribution >= 4 is 34.9 Å². The number of nitrogens with one attached hydrogen (secondary N) is 1. The third kappa shape index (κ3) is 5.42. The largest absolute Gasteiger partial charge is 0.495 e. The highest BCUT2D eigenvalue weighted by atomic mass is 16.5. The molecule has 1 heterocycles. The molecule has 0 radical (unpaired) electrons. The van der Waals surface area contributed by atoms with Crippen LogP contribution in [0.5, 0.6) is 11.5 Å². The Morgan fingerprint density at radius 3 is 2.66 bits per heavy atom. The van der Waals surface area contributed by atoms with Crippen molar-refractivity contribution in [3.05, 3.63) is 48.0 Å². The van der Waals surface area contributed by atoms with E-state index in [0.29, 0.717) is 28.4 Å². The summed E-state index contributed by atoms with van der Waals surface area (Å²) >= 11 is 0. The number of esters is 1. The van der Waals surface area contributed by atoms with Crippen LogP contribution in [0.4, 0.5) is 11.4 Å². The number of carbonyl (C=O) groups excluding carboxylic acids is 4. The summed E-state index contributed by atoms with van der Waals surface area (Å²) in [5.41, 5.74) is 1.10. The van der Waals surface area contributed by atoms with E-state index < -0.39 is 17.8 Å². The van der Waals surface area contributed by atoms with E-state index in [1.807, 2.05) is 0 Å². The molecular weight excluding hydrogens is 416 g/mol. The molecule has 32 heavy (non-hydrogen) atoms. The Morgan fingerprint density at radius 1 is 1.12 bits per heavy atom. The third-order valence-corrected chi connectivity index (χ3v) is 4.77. The molecule has 168 valence electrons. The summed E-state index contributed by atoms with van der Waals surface area (Å²) in [4.78, 5) is 50.4. The van der Waals surface area contributed by atoms with Crippen LogP contribution in [0, 0.1) is 0 Å².